The first-order valence-corrected chi connectivity index (χ1v) is 9.51. The summed E-state index contributed by atoms with van der Waals surface area (Å²) in [6.07, 6.45) is 3.31. The highest BCUT2D eigenvalue weighted by Gasteiger charge is 2.08. The van der Waals surface area contributed by atoms with Crippen molar-refractivity contribution >= 4 is 23.2 Å². The van der Waals surface area contributed by atoms with Crippen LogP contribution in [0.1, 0.15) is 10.4 Å². The van der Waals surface area contributed by atoms with E-state index in [1.165, 1.54) is 12.1 Å². The van der Waals surface area contributed by atoms with Crippen LogP contribution in [0.3, 0.4) is 0 Å². The number of hydrogen-bond acceptors (Lipinski definition) is 5. The number of methoxy groups -OCH3 is 1. The first-order valence-electron chi connectivity index (χ1n) is 9.51. The molecule has 4 rings (SSSR count). The van der Waals surface area contributed by atoms with Crippen molar-refractivity contribution in [2.24, 2.45) is 0 Å². The predicted octanol–water partition coefficient (Wildman–Crippen LogP) is 5.29. The monoisotopic (exact) mass is 414 g/mol. The highest BCUT2D eigenvalue weighted by Crippen LogP contribution is 2.21. The van der Waals surface area contributed by atoms with Gasteiger partial charge in [-0.15, -0.1) is 0 Å². The second-order valence-electron chi connectivity index (χ2n) is 6.69. The number of rotatable bonds is 6. The molecular weight excluding hydrogens is 395 g/mol. The second-order valence-corrected chi connectivity index (χ2v) is 6.69. The van der Waals surface area contributed by atoms with Gasteiger partial charge >= 0.3 is 0 Å². The Morgan fingerprint density at radius 1 is 0.871 bits per heavy atom. The first kappa shape index (κ1) is 20.0. The summed E-state index contributed by atoms with van der Waals surface area (Å²) in [6.45, 7) is 0. The van der Waals surface area contributed by atoms with Gasteiger partial charge in [0.2, 0.25) is 5.95 Å². The zero-order valence-electron chi connectivity index (χ0n) is 16.7. The van der Waals surface area contributed by atoms with E-state index in [0.29, 0.717) is 22.9 Å². The van der Waals surface area contributed by atoms with Crippen molar-refractivity contribution < 1.29 is 13.9 Å². The van der Waals surface area contributed by atoms with Crippen LogP contribution in [0.15, 0.2) is 85.2 Å². The Bertz CT molecular complexity index is 1180. The van der Waals surface area contributed by atoms with Crippen LogP contribution < -0.4 is 15.4 Å². The zero-order chi connectivity index (χ0) is 21.6. The number of anilines is 3. The fraction of sp³-hybridized carbons (Fsp3) is 0.0417. The molecule has 0 unspecified atom stereocenters. The van der Waals surface area contributed by atoms with Crippen molar-refractivity contribution in [3.05, 3.63) is 96.6 Å². The number of aromatic nitrogens is 2. The number of carbonyl (C=O) groups is 1. The number of benzene rings is 3. The standard InChI is InChI=1S/C24H19FN4O2/c1-31-22-11-9-20(10-12-22)28-23(30)17-3-2-4-21(13-17)29-24-26-14-18(15-27-24)16-5-7-19(25)8-6-16/h2-15H,1H3,(H,28,30)(H,26,27,29). The molecule has 0 saturated heterocycles. The topological polar surface area (TPSA) is 76.1 Å². The van der Waals surface area contributed by atoms with Gasteiger partial charge in [-0.1, -0.05) is 18.2 Å². The third-order valence-corrected chi connectivity index (χ3v) is 4.56. The lowest BCUT2D eigenvalue weighted by Gasteiger charge is -2.09. The van der Waals surface area contributed by atoms with E-state index in [1.54, 1.807) is 74.1 Å². The first-order chi connectivity index (χ1) is 15.1. The van der Waals surface area contributed by atoms with E-state index in [2.05, 4.69) is 20.6 Å². The van der Waals surface area contributed by atoms with E-state index < -0.39 is 0 Å². The third kappa shape index (κ3) is 5.02. The predicted molar refractivity (Wildman–Crippen MR) is 118 cm³/mol. The molecule has 3 aromatic carbocycles. The van der Waals surface area contributed by atoms with Gasteiger partial charge in [0.1, 0.15) is 11.6 Å². The zero-order valence-corrected chi connectivity index (χ0v) is 16.7. The molecule has 7 heteroatoms. The Kier molecular flexibility index (Phi) is 5.84. The molecule has 1 heterocycles. The minimum absolute atomic E-state index is 0.235. The van der Waals surface area contributed by atoms with Gasteiger partial charge in [-0.2, -0.15) is 0 Å². The van der Waals surface area contributed by atoms with Crippen LogP contribution >= 0.6 is 0 Å². The maximum absolute atomic E-state index is 13.1. The summed E-state index contributed by atoms with van der Waals surface area (Å²) in [5.41, 5.74) is 3.44. The quantitative estimate of drug-likeness (QED) is 0.449. The number of amides is 1. The molecule has 0 atom stereocenters. The number of ether oxygens (including phenoxy) is 1. The highest BCUT2D eigenvalue weighted by atomic mass is 19.1. The summed E-state index contributed by atoms with van der Waals surface area (Å²) in [5.74, 6) is 0.577. The highest BCUT2D eigenvalue weighted by molar-refractivity contribution is 6.04. The summed E-state index contributed by atoms with van der Waals surface area (Å²) in [7, 11) is 1.59. The van der Waals surface area contributed by atoms with Gasteiger partial charge in [-0.25, -0.2) is 14.4 Å². The Balaban J connectivity index is 1.44. The molecule has 0 bridgehead atoms. The fourth-order valence-corrected chi connectivity index (χ4v) is 2.93. The number of nitrogens with zero attached hydrogens (tertiary/aromatic N) is 2. The molecule has 0 aliphatic rings. The van der Waals surface area contributed by atoms with Crippen molar-refractivity contribution in [1.29, 1.82) is 0 Å². The summed E-state index contributed by atoms with van der Waals surface area (Å²) in [4.78, 5) is 21.2. The van der Waals surface area contributed by atoms with Crippen LogP contribution in [0.25, 0.3) is 11.1 Å². The van der Waals surface area contributed by atoms with Gasteiger partial charge < -0.3 is 15.4 Å². The maximum Gasteiger partial charge on any atom is 0.255 e. The lowest BCUT2D eigenvalue weighted by atomic mass is 10.1. The van der Waals surface area contributed by atoms with Crippen molar-refractivity contribution in [2.45, 2.75) is 0 Å². The summed E-state index contributed by atoms with van der Waals surface area (Å²) < 4.78 is 18.2. The molecular formula is C24H19FN4O2. The normalized spacial score (nSPS) is 10.4. The number of carbonyl (C=O) groups excluding carboxylic acids is 1. The Labute approximate surface area is 178 Å². The van der Waals surface area contributed by atoms with Crippen LogP contribution in [0, 0.1) is 5.82 Å². The molecule has 31 heavy (non-hydrogen) atoms. The Hall–Kier alpha value is -4.26. The lowest BCUT2D eigenvalue weighted by molar-refractivity contribution is 0.102. The second kappa shape index (κ2) is 9.04. The van der Waals surface area contributed by atoms with E-state index in [4.69, 9.17) is 4.74 Å². The average molecular weight is 414 g/mol. The van der Waals surface area contributed by atoms with Crippen LogP contribution in [0.5, 0.6) is 5.75 Å². The van der Waals surface area contributed by atoms with Crippen molar-refractivity contribution in [3.63, 3.8) is 0 Å². The average Bonchev–Trinajstić information content (AvgIpc) is 2.81. The number of nitrogens with one attached hydrogen (secondary N) is 2. The van der Waals surface area contributed by atoms with E-state index in [9.17, 15) is 9.18 Å². The van der Waals surface area contributed by atoms with Gasteiger partial charge in [0.15, 0.2) is 0 Å². The molecule has 1 aromatic heterocycles. The molecule has 0 spiro atoms. The van der Waals surface area contributed by atoms with Crippen LogP contribution in [0.2, 0.25) is 0 Å². The molecule has 0 fully saturated rings. The van der Waals surface area contributed by atoms with E-state index in [1.807, 2.05) is 6.07 Å². The SMILES string of the molecule is COc1ccc(NC(=O)c2cccc(Nc3ncc(-c4ccc(F)cc4)cn3)c2)cc1. The van der Waals surface area contributed by atoms with E-state index in [0.717, 1.165) is 16.9 Å². The van der Waals surface area contributed by atoms with E-state index in [-0.39, 0.29) is 11.7 Å². The van der Waals surface area contributed by atoms with Gasteiger partial charge in [-0.05, 0) is 60.2 Å². The van der Waals surface area contributed by atoms with Crippen molar-refractivity contribution in [1.82, 2.24) is 9.97 Å². The van der Waals surface area contributed by atoms with Gasteiger partial charge in [-0.3, -0.25) is 4.79 Å². The van der Waals surface area contributed by atoms with Gasteiger partial charge in [0.05, 0.1) is 7.11 Å². The minimum atomic E-state index is -0.293. The smallest absolute Gasteiger partial charge is 0.255 e. The summed E-state index contributed by atoms with van der Waals surface area (Å²) in [5, 5.41) is 5.94. The molecule has 4 aromatic rings. The molecule has 6 nitrogen and oxygen atoms in total. The van der Waals surface area contributed by atoms with Crippen LogP contribution in [-0.4, -0.2) is 23.0 Å². The molecule has 2 N–H and O–H groups in total. The molecule has 0 aliphatic carbocycles. The van der Waals surface area contributed by atoms with Gasteiger partial charge in [0, 0.05) is 34.9 Å². The molecule has 0 aliphatic heterocycles. The number of hydrogen-bond donors (Lipinski definition) is 2. The summed E-state index contributed by atoms with van der Waals surface area (Å²) >= 11 is 0. The third-order valence-electron chi connectivity index (χ3n) is 4.56. The number of halogens is 1. The Morgan fingerprint density at radius 2 is 1.58 bits per heavy atom. The van der Waals surface area contributed by atoms with Crippen LogP contribution in [0.4, 0.5) is 21.7 Å². The van der Waals surface area contributed by atoms with Crippen molar-refractivity contribution in [3.8, 4) is 16.9 Å². The summed E-state index contributed by atoms with van der Waals surface area (Å²) in [6, 6.07) is 20.3. The molecule has 1 amide bonds. The molecule has 0 radical (unpaired) electrons. The van der Waals surface area contributed by atoms with Crippen LogP contribution in [-0.2, 0) is 0 Å². The fourth-order valence-electron chi connectivity index (χ4n) is 2.93. The van der Waals surface area contributed by atoms with E-state index >= 15 is 0 Å². The molecule has 0 saturated carbocycles. The van der Waals surface area contributed by atoms with Crippen molar-refractivity contribution in [2.75, 3.05) is 17.7 Å². The molecule has 154 valence electrons. The lowest BCUT2D eigenvalue weighted by Crippen LogP contribution is -2.12. The minimum Gasteiger partial charge on any atom is -0.497 e. The maximum atomic E-state index is 13.1. The van der Waals surface area contributed by atoms with Gasteiger partial charge in [0.25, 0.3) is 5.91 Å². The Morgan fingerprint density at radius 3 is 2.26 bits per heavy atom. The largest absolute Gasteiger partial charge is 0.497 e.